The van der Waals surface area contributed by atoms with Gasteiger partial charge in [-0.25, -0.2) is 4.79 Å². The number of ether oxygens (including phenoxy) is 1. The average molecular weight is 418 g/mol. The maximum Gasteiger partial charge on any atom is 0.408 e. The average Bonchev–Trinajstić information content (AvgIpc) is 3.12. The zero-order chi connectivity index (χ0) is 22.3. The van der Waals surface area contributed by atoms with Crippen LogP contribution in [0.3, 0.4) is 0 Å². The summed E-state index contributed by atoms with van der Waals surface area (Å²) in [5.74, 6) is -1.08. The van der Waals surface area contributed by atoms with Crippen LogP contribution in [0.4, 0.5) is 16.2 Å². The van der Waals surface area contributed by atoms with E-state index in [1.54, 1.807) is 32.9 Å². The number of aliphatic hydroxyl groups is 1. The van der Waals surface area contributed by atoms with Gasteiger partial charge in [-0.1, -0.05) is 32.6 Å². The topological polar surface area (TPSA) is 129 Å². The van der Waals surface area contributed by atoms with E-state index in [4.69, 9.17) is 4.74 Å². The van der Waals surface area contributed by atoms with E-state index in [1.807, 2.05) is 6.07 Å². The first-order valence-electron chi connectivity index (χ1n) is 9.90. The van der Waals surface area contributed by atoms with Crippen LogP contribution >= 0.6 is 0 Å². The van der Waals surface area contributed by atoms with Crippen molar-refractivity contribution in [2.24, 2.45) is 5.92 Å². The summed E-state index contributed by atoms with van der Waals surface area (Å²) in [5.41, 5.74) is 2.52. The molecule has 0 unspecified atom stereocenters. The lowest BCUT2D eigenvalue weighted by Crippen LogP contribution is -2.53. The molecule has 0 aliphatic carbocycles. The van der Waals surface area contributed by atoms with Gasteiger partial charge in [0.2, 0.25) is 11.8 Å². The van der Waals surface area contributed by atoms with Gasteiger partial charge in [0.15, 0.2) is 0 Å². The molecule has 2 rings (SSSR count). The van der Waals surface area contributed by atoms with Gasteiger partial charge in [0.05, 0.1) is 12.6 Å². The minimum Gasteiger partial charge on any atom is -0.445 e. The summed E-state index contributed by atoms with van der Waals surface area (Å²) in [7, 11) is 0. The largest absolute Gasteiger partial charge is 0.445 e. The van der Waals surface area contributed by atoms with Gasteiger partial charge in [0.25, 0.3) is 0 Å². The molecule has 3 amide bonds. The number of rotatable bonds is 9. The van der Waals surface area contributed by atoms with Gasteiger partial charge in [-0.2, -0.15) is 0 Å². The number of nitrogens with one attached hydrogen (secondary N) is 4. The van der Waals surface area contributed by atoms with E-state index in [0.29, 0.717) is 5.69 Å². The zero-order valence-corrected chi connectivity index (χ0v) is 17.5. The van der Waals surface area contributed by atoms with Crippen molar-refractivity contribution in [3.05, 3.63) is 36.4 Å². The van der Waals surface area contributed by atoms with Crippen LogP contribution in [0.2, 0.25) is 0 Å². The third kappa shape index (κ3) is 6.21. The molecule has 1 aliphatic heterocycles. The van der Waals surface area contributed by atoms with Gasteiger partial charge in [-0.15, -0.1) is 0 Å². The molecular formula is C21H30N4O5. The van der Waals surface area contributed by atoms with E-state index in [2.05, 4.69) is 27.8 Å². The molecule has 9 heteroatoms. The molecule has 0 saturated heterocycles. The monoisotopic (exact) mass is 418 g/mol. The first-order chi connectivity index (χ1) is 14.2. The van der Waals surface area contributed by atoms with Gasteiger partial charge >= 0.3 is 6.09 Å². The first-order valence-corrected chi connectivity index (χ1v) is 9.90. The highest BCUT2D eigenvalue weighted by Gasteiger charge is 2.27. The predicted octanol–water partition coefficient (Wildman–Crippen LogP) is 1.40. The fraction of sp³-hybridized carbons (Fsp3) is 0.476. The quantitative estimate of drug-likeness (QED) is 0.386. The Hall–Kier alpha value is -3.07. The number of carbonyl (C=O) groups is 3. The SMILES string of the molecule is C=CCOC(=O)N[C@H](C(=O)N[C@@H](C)C(=O)Nc1ccc2c(c1)N[C@H](CO)C2)C(C)C. The number of benzene rings is 1. The number of anilines is 2. The van der Waals surface area contributed by atoms with E-state index >= 15 is 0 Å². The Morgan fingerprint density at radius 2 is 2.00 bits per heavy atom. The molecule has 1 heterocycles. The van der Waals surface area contributed by atoms with Crippen molar-refractivity contribution >= 4 is 29.3 Å². The van der Waals surface area contributed by atoms with Crippen LogP contribution in [-0.2, 0) is 20.7 Å². The lowest BCUT2D eigenvalue weighted by atomic mass is 10.0. The van der Waals surface area contributed by atoms with Crippen LogP contribution in [0, 0.1) is 5.92 Å². The van der Waals surface area contributed by atoms with Crippen LogP contribution in [0.1, 0.15) is 26.3 Å². The number of hydrogen-bond acceptors (Lipinski definition) is 6. The molecule has 0 fully saturated rings. The fourth-order valence-electron chi connectivity index (χ4n) is 3.07. The van der Waals surface area contributed by atoms with Crippen LogP contribution in [0.15, 0.2) is 30.9 Å². The molecule has 0 spiro atoms. The fourth-order valence-corrected chi connectivity index (χ4v) is 3.07. The van der Waals surface area contributed by atoms with E-state index in [1.165, 1.54) is 6.08 Å². The third-order valence-corrected chi connectivity index (χ3v) is 4.73. The summed E-state index contributed by atoms with van der Waals surface area (Å²) < 4.78 is 4.86. The first kappa shape index (κ1) is 23.2. The molecule has 9 nitrogen and oxygen atoms in total. The molecular weight excluding hydrogens is 388 g/mol. The lowest BCUT2D eigenvalue weighted by Gasteiger charge is -2.23. The highest BCUT2D eigenvalue weighted by Crippen LogP contribution is 2.28. The Labute approximate surface area is 176 Å². The van der Waals surface area contributed by atoms with Gasteiger partial charge < -0.3 is 31.1 Å². The molecule has 0 aromatic heterocycles. The Morgan fingerprint density at radius 1 is 1.27 bits per heavy atom. The zero-order valence-electron chi connectivity index (χ0n) is 17.5. The van der Waals surface area contributed by atoms with Crippen LogP contribution in [-0.4, -0.2) is 54.4 Å². The minimum absolute atomic E-state index is 0.0252. The minimum atomic E-state index is -0.850. The number of alkyl carbamates (subject to hydrolysis) is 1. The molecule has 0 bridgehead atoms. The summed E-state index contributed by atoms with van der Waals surface area (Å²) in [6.45, 7) is 8.64. The Morgan fingerprint density at radius 3 is 2.63 bits per heavy atom. The Kier molecular flexibility index (Phi) is 8.23. The van der Waals surface area contributed by atoms with Crippen molar-refractivity contribution < 1.29 is 24.2 Å². The van der Waals surface area contributed by atoms with Gasteiger partial charge in [0, 0.05) is 11.4 Å². The number of hydrogen-bond donors (Lipinski definition) is 5. The third-order valence-electron chi connectivity index (χ3n) is 4.73. The molecule has 0 radical (unpaired) electrons. The molecule has 1 aromatic carbocycles. The number of aliphatic hydroxyl groups excluding tert-OH is 1. The molecule has 1 aliphatic rings. The highest BCUT2D eigenvalue weighted by atomic mass is 16.5. The summed E-state index contributed by atoms with van der Waals surface area (Å²) in [4.78, 5) is 36.8. The molecule has 3 atom stereocenters. The molecule has 0 saturated carbocycles. The summed E-state index contributed by atoms with van der Waals surface area (Å²) in [6, 6.07) is 3.77. The van der Waals surface area contributed by atoms with Crippen molar-refractivity contribution in [3.63, 3.8) is 0 Å². The van der Waals surface area contributed by atoms with E-state index in [-0.39, 0.29) is 25.2 Å². The second kappa shape index (κ2) is 10.6. The Bertz CT molecular complexity index is 796. The summed E-state index contributed by atoms with van der Waals surface area (Å²) in [6.07, 6.45) is 1.42. The number of fused-ring (bicyclic) bond motifs is 1. The van der Waals surface area contributed by atoms with Crippen molar-refractivity contribution in [3.8, 4) is 0 Å². The molecule has 1 aromatic rings. The maximum atomic E-state index is 12.6. The van der Waals surface area contributed by atoms with E-state index < -0.39 is 30.0 Å². The maximum absolute atomic E-state index is 12.6. The molecule has 5 N–H and O–H groups in total. The Balaban J connectivity index is 1.93. The predicted molar refractivity (Wildman–Crippen MR) is 114 cm³/mol. The lowest BCUT2D eigenvalue weighted by molar-refractivity contribution is -0.128. The summed E-state index contributed by atoms with van der Waals surface area (Å²) in [5, 5.41) is 20.4. The van der Waals surface area contributed by atoms with Crippen molar-refractivity contribution in [2.45, 2.75) is 45.3 Å². The number of carbonyl (C=O) groups excluding carboxylic acids is 3. The van der Waals surface area contributed by atoms with E-state index in [0.717, 1.165) is 17.7 Å². The van der Waals surface area contributed by atoms with Crippen LogP contribution in [0.25, 0.3) is 0 Å². The van der Waals surface area contributed by atoms with Crippen molar-refractivity contribution in [1.82, 2.24) is 10.6 Å². The summed E-state index contributed by atoms with van der Waals surface area (Å²) >= 11 is 0. The number of amides is 3. The molecule has 30 heavy (non-hydrogen) atoms. The second-order valence-electron chi connectivity index (χ2n) is 7.57. The smallest absolute Gasteiger partial charge is 0.408 e. The normalized spacial score (nSPS) is 16.6. The van der Waals surface area contributed by atoms with Crippen molar-refractivity contribution in [1.29, 1.82) is 0 Å². The van der Waals surface area contributed by atoms with Crippen LogP contribution < -0.4 is 21.3 Å². The van der Waals surface area contributed by atoms with E-state index in [9.17, 15) is 19.5 Å². The van der Waals surface area contributed by atoms with Gasteiger partial charge in [-0.3, -0.25) is 9.59 Å². The van der Waals surface area contributed by atoms with Crippen LogP contribution in [0.5, 0.6) is 0 Å². The standard InChI is InChI=1S/C21H30N4O5/c1-5-8-30-21(29)25-18(12(2)3)20(28)22-13(4)19(27)24-15-7-6-14-9-16(11-26)23-17(14)10-15/h5-7,10,12-13,16,18,23,26H,1,8-9,11H2,2-4H3,(H,22,28)(H,24,27)(H,25,29)/t13-,16-,18-/m0/s1. The molecule has 164 valence electrons. The highest BCUT2D eigenvalue weighted by molar-refractivity contribution is 5.98. The van der Waals surface area contributed by atoms with Crippen molar-refractivity contribution in [2.75, 3.05) is 23.8 Å². The van der Waals surface area contributed by atoms with Gasteiger partial charge in [0.1, 0.15) is 18.7 Å². The second-order valence-corrected chi connectivity index (χ2v) is 7.57. The van der Waals surface area contributed by atoms with Gasteiger partial charge in [-0.05, 0) is 37.0 Å².